The van der Waals surface area contributed by atoms with Crippen LogP contribution in [0.4, 0.5) is 5.82 Å². The van der Waals surface area contributed by atoms with E-state index in [0.29, 0.717) is 24.9 Å². The summed E-state index contributed by atoms with van der Waals surface area (Å²) >= 11 is 1.55. The van der Waals surface area contributed by atoms with E-state index in [1.54, 1.807) is 16.4 Å². The molecule has 0 spiro atoms. The number of anilines is 1. The molecule has 0 N–H and O–H groups in total. The van der Waals surface area contributed by atoms with E-state index < -0.39 is 0 Å². The molecule has 3 saturated carbocycles. The standard InChI is InChI=1S/C28H36N4O2S/c33-27-24-18-9-10-19(15-18)25(24)28(34)32(27)14-13-31(26-22-7-3-4-8-23(22)35-29-26)12-11-30-16-20-5-1-2-6-21(20)17-30/h3-4,7-8,18-21,24-25H,1-2,5-6,9-17H2/t18-,19+,20-,21-,24-,25+/m0/s1. The molecule has 1 aromatic heterocycles. The van der Waals surface area contributed by atoms with E-state index in [1.165, 1.54) is 48.9 Å². The van der Waals surface area contributed by atoms with Gasteiger partial charge >= 0.3 is 0 Å². The molecular weight excluding hydrogens is 456 g/mol. The van der Waals surface area contributed by atoms with Crippen LogP contribution in [-0.2, 0) is 9.59 Å². The molecule has 7 rings (SSSR count). The van der Waals surface area contributed by atoms with Gasteiger partial charge in [-0.1, -0.05) is 25.0 Å². The van der Waals surface area contributed by atoms with Gasteiger partial charge in [0.25, 0.3) is 0 Å². The van der Waals surface area contributed by atoms with Gasteiger partial charge in [-0.25, -0.2) is 0 Å². The number of hydrogen-bond donors (Lipinski definition) is 0. The van der Waals surface area contributed by atoms with Gasteiger partial charge in [0.05, 0.1) is 16.5 Å². The Labute approximate surface area is 211 Å². The van der Waals surface area contributed by atoms with Crippen LogP contribution in [0.1, 0.15) is 44.9 Å². The van der Waals surface area contributed by atoms with Gasteiger partial charge in [-0.2, -0.15) is 4.37 Å². The van der Waals surface area contributed by atoms with Crippen molar-refractivity contribution in [3.05, 3.63) is 24.3 Å². The molecule has 6 nitrogen and oxygen atoms in total. The van der Waals surface area contributed by atoms with E-state index >= 15 is 0 Å². The van der Waals surface area contributed by atoms with E-state index in [-0.39, 0.29) is 23.7 Å². The molecule has 5 aliphatic rings. The molecule has 2 amide bonds. The number of rotatable bonds is 7. The second-order valence-corrected chi connectivity index (χ2v) is 12.6. The Morgan fingerprint density at radius 3 is 2.23 bits per heavy atom. The molecular formula is C28H36N4O2S. The lowest BCUT2D eigenvalue weighted by atomic mass is 9.81. The van der Waals surface area contributed by atoms with Crippen molar-refractivity contribution >= 4 is 39.3 Å². The maximum atomic E-state index is 13.3. The highest BCUT2D eigenvalue weighted by atomic mass is 32.1. The molecule has 0 unspecified atom stereocenters. The largest absolute Gasteiger partial charge is 0.352 e. The van der Waals surface area contributed by atoms with Crippen molar-refractivity contribution in [3.63, 3.8) is 0 Å². The number of fused-ring (bicyclic) bond motifs is 7. The lowest BCUT2D eigenvalue weighted by molar-refractivity contribution is -0.140. The van der Waals surface area contributed by atoms with E-state index in [2.05, 4.69) is 34.1 Å². The molecule has 7 heteroatoms. The number of likely N-dealkylation sites (tertiary alicyclic amines) is 2. The lowest BCUT2D eigenvalue weighted by Gasteiger charge is -2.28. The van der Waals surface area contributed by atoms with E-state index in [1.807, 2.05) is 0 Å². The third-order valence-electron chi connectivity index (χ3n) is 10.0. The Bertz CT molecular complexity index is 1090. The van der Waals surface area contributed by atoms with Crippen LogP contribution in [0, 0.1) is 35.5 Å². The topological polar surface area (TPSA) is 56.8 Å². The van der Waals surface area contributed by atoms with E-state index in [9.17, 15) is 9.59 Å². The van der Waals surface area contributed by atoms with E-state index in [4.69, 9.17) is 4.37 Å². The Balaban J connectivity index is 1.08. The minimum atomic E-state index is -0.0252. The quantitative estimate of drug-likeness (QED) is 0.541. The van der Waals surface area contributed by atoms with Crippen LogP contribution in [0.15, 0.2) is 24.3 Å². The van der Waals surface area contributed by atoms with Crippen LogP contribution in [0.2, 0.25) is 0 Å². The molecule has 35 heavy (non-hydrogen) atoms. The molecule has 2 aliphatic heterocycles. The maximum Gasteiger partial charge on any atom is 0.233 e. The molecule has 1 aromatic carbocycles. The summed E-state index contributed by atoms with van der Waals surface area (Å²) in [5.74, 6) is 3.84. The maximum absolute atomic E-state index is 13.3. The van der Waals surface area contributed by atoms with Crippen molar-refractivity contribution in [2.24, 2.45) is 35.5 Å². The van der Waals surface area contributed by atoms with Crippen LogP contribution >= 0.6 is 11.5 Å². The first-order chi connectivity index (χ1) is 17.2. The first-order valence-corrected chi connectivity index (χ1v) is 14.6. The molecule has 3 heterocycles. The zero-order valence-corrected chi connectivity index (χ0v) is 21.3. The number of carbonyl (C=O) groups excluding carboxylic acids is 2. The highest BCUT2D eigenvalue weighted by molar-refractivity contribution is 7.13. The van der Waals surface area contributed by atoms with Gasteiger partial charge in [-0.3, -0.25) is 14.5 Å². The molecule has 3 aliphatic carbocycles. The SMILES string of the molecule is O=C1[C@@H]2[C@@H]3CC[C@@H](C3)[C@@H]2C(=O)N1CCN(CCN1C[C@@H]2CCCC[C@H]2C1)c1nsc2ccccc12. The van der Waals surface area contributed by atoms with Crippen molar-refractivity contribution < 1.29 is 9.59 Å². The van der Waals surface area contributed by atoms with Crippen LogP contribution in [0.25, 0.3) is 10.1 Å². The first kappa shape index (κ1) is 22.2. The summed E-state index contributed by atoms with van der Waals surface area (Å²) in [6, 6.07) is 8.42. The monoisotopic (exact) mass is 492 g/mol. The van der Waals surface area contributed by atoms with Crippen LogP contribution in [-0.4, -0.2) is 65.3 Å². The van der Waals surface area contributed by atoms with Crippen molar-refractivity contribution in [2.45, 2.75) is 44.9 Å². The number of hydrogen-bond acceptors (Lipinski definition) is 6. The van der Waals surface area contributed by atoms with Gasteiger partial charge in [0.15, 0.2) is 0 Å². The molecule has 186 valence electrons. The summed E-state index contributed by atoms with van der Waals surface area (Å²) in [6.07, 6.45) is 8.94. The second-order valence-electron chi connectivity index (χ2n) is 11.8. The zero-order valence-electron chi connectivity index (χ0n) is 20.5. The van der Waals surface area contributed by atoms with Gasteiger partial charge in [0, 0.05) is 44.7 Å². The predicted molar refractivity (Wildman–Crippen MR) is 138 cm³/mol. The predicted octanol–water partition coefficient (Wildman–Crippen LogP) is 4.26. The van der Waals surface area contributed by atoms with Gasteiger partial charge in [0.1, 0.15) is 5.82 Å². The van der Waals surface area contributed by atoms with Crippen molar-refractivity contribution in [1.82, 2.24) is 14.2 Å². The molecule has 2 saturated heterocycles. The van der Waals surface area contributed by atoms with Gasteiger partial charge in [0.2, 0.25) is 11.8 Å². The first-order valence-electron chi connectivity index (χ1n) is 13.8. The fourth-order valence-electron chi connectivity index (χ4n) is 8.28. The third kappa shape index (κ3) is 3.72. The number of amides is 2. The molecule has 0 radical (unpaired) electrons. The zero-order chi connectivity index (χ0) is 23.5. The lowest BCUT2D eigenvalue weighted by Crippen LogP contribution is -2.42. The van der Waals surface area contributed by atoms with Crippen LogP contribution in [0.3, 0.4) is 0 Å². The number of nitrogens with zero attached hydrogens (tertiary/aromatic N) is 4. The highest BCUT2D eigenvalue weighted by Crippen LogP contribution is 2.56. The molecule has 5 fully saturated rings. The Hall–Kier alpha value is -1.99. The smallest absolute Gasteiger partial charge is 0.233 e. The minimum Gasteiger partial charge on any atom is -0.352 e. The average Bonchev–Trinajstić information content (AvgIpc) is 3.69. The summed E-state index contributed by atoms with van der Waals surface area (Å²) in [6.45, 7) is 5.52. The number of carbonyl (C=O) groups is 2. The van der Waals surface area contributed by atoms with Crippen LogP contribution < -0.4 is 4.90 Å². The number of imide groups is 1. The molecule has 2 bridgehead atoms. The van der Waals surface area contributed by atoms with Crippen molar-refractivity contribution in [1.29, 1.82) is 0 Å². The molecule has 2 aromatic rings. The summed E-state index contributed by atoms with van der Waals surface area (Å²) < 4.78 is 6.04. The Morgan fingerprint density at radius 1 is 0.857 bits per heavy atom. The van der Waals surface area contributed by atoms with Gasteiger partial charge in [-0.15, -0.1) is 0 Å². The summed E-state index contributed by atoms with van der Waals surface area (Å²) in [4.78, 5) is 33.2. The van der Waals surface area contributed by atoms with Gasteiger partial charge < -0.3 is 9.80 Å². The second kappa shape index (κ2) is 8.84. The fourth-order valence-corrected chi connectivity index (χ4v) is 9.08. The van der Waals surface area contributed by atoms with Crippen molar-refractivity contribution in [2.75, 3.05) is 44.2 Å². The average molecular weight is 493 g/mol. The normalized spacial score (nSPS) is 34.2. The van der Waals surface area contributed by atoms with Gasteiger partial charge in [-0.05, 0) is 79.4 Å². The molecule has 6 atom stereocenters. The Kier molecular flexibility index (Phi) is 5.61. The summed E-state index contributed by atoms with van der Waals surface area (Å²) in [7, 11) is 0. The Morgan fingerprint density at radius 2 is 1.51 bits per heavy atom. The summed E-state index contributed by atoms with van der Waals surface area (Å²) in [5, 5.41) is 1.18. The third-order valence-corrected chi connectivity index (χ3v) is 10.8. The minimum absolute atomic E-state index is 0.0252. The highest BCUT2D eigenvalue weighted by Gasteiger charge is 2.60. The summed E-state index contributed by atoms with van der Waals surface area (Å²) in [5.41, 5.74) is 0. The van der Waals surface area contributed by atoms with E-state index in [0.717, 1.165) is 50.0 Å². The van der Waals surface area contributed by atoms with Crippen molar-refractivity contribution in [3.8, 4) is 0 Å². The van der Waals surface area contributed by atoms with Crippen LogP contribution in [0.5, 0.6) is 0 Å². The number of benzene rings is 1. The number of aromatic nitrogens is 1. The fraction of sp³-hybridized carbons (Fsp3) is 0.679.